The van der Waals surface area contributed by atoms with E-state index in [0.29, 0.717) is 11.4 Å². The molecule has 0 fully saturated rings. The smallest absolute Gasteiger partial charge is 0.319 e. The minimum absolute atomic E-state index is 0.0509. The summed E-state index contributed by atoms with van der Waals surface area (Å²) >= 11 is 0. The fourth-order valence-corrected chi connectivity index (χ4v) is 2.08. The Morgan fingerprint density at radius 3 is 2.40 bits per heavy atom. The summed E-state index contributed by atoms with van der Waals surface area (Å²) in [5.74, 6) is 0. The molecule has 2 aromatic carbocycles. The molecule has 20 heavy (non-hydrogen) atoms. The molecule has 0 aliphatic rings. The van der Waals surface area contributed by atoms with Gasteiger partial charge < -0.3 is 16.4 Å². The Morgan fingerprint density at radius 1 is 1.10 bits per heavy atom. The molecule has 2 rings (SSSR count). The van der Waals surface area contributed by atoms with Crippen LogP contribution in [0.15, 0.2) is 48.5 Å². The van der Waals surface area contributed by atoms with Gasteiger partial charge in [-0.3, -0.25) is 0 Å². The van der Waals surface area contributed by atoms with E-state index in [4.69, 9.17) is 5.73 Å². The number of hydrogen-bond acceptors (Lipinski definition) is 2. The van der Waals surface area contributed by atoms with Gasteiger partial charge in [0.25, 0.3) is 0 Å². The SMILES string of the molecule is Cc1ccccc1C(C)NC(=O)Nc1ccc(N)cc1. The lowest BCUT2D eigenvalue weighted by Gasteiger charge is -2.17. The van der Waals surface area contributed by atoms with Gasteiger partial charge in [0, 0.05) is 11.4 Å². The molecule has 0 saturated carbocycles. The monoisotopic (exact) mass is 269 g/mol. The summed E-state index contributed by atoms with van der Waals surface area (Å²) in [4.78, 5) is 11.9. The number of nitrogen functional groups attached to an aromatic ring is 1. The molecule has 0 aliphatic carbocycles. The lowest BCUT2D eigenvalue weighted by atomic mass is 10.0. The maximum atomic E-state index is 11.9. The van der Waals surface area contributed by atoms with Crippen molar-refractivity contribution in [2.45, 2.75) is 19.9 Å². The first-order chi connectivity index (χ1) is 9.56. The van der Waals surface area contributed by atoms with Gasteiger partial charge in [-0.2, -0.15) is 0 Å². The van der Waals surface area contributed by atoms with Gasteiger partial charge in [-0.25, -0.2) is 4.79 Å². The summed E-state index contributed by atoms with van der Waals surface area (Å²) in [5, 5.41) is 5.70. The van der Waals surface area contributed by atoms with Crippen LogP contribution in [0.2, 0.25) is 0 Å². The minimum atomic E-state index is -0.231. The van der Waals surface area contributed by atoms with Crippen molar-refractivity contribution in [3.05, 3.63) is 59.7 Å². The van der Waals surface area contributed by atoms with Crippen molar-refractivity contribution < 1.29 is 4.79 Å². The molecule has 4 heteroatoms. The minimum Gasteiger partial charge on any atom is -0.399 e. The van der Waals surface area contributed by atoms with Crippen molar-refractivity contribution in [1.82, 2.24) is 5.32 Å². The first-order valence-electron chi connectivity index (χ1n) is 6.55. The zero-order valence-corrected chi connectivity index (χ0v) is 11.7. The van der Waals surface area contributed by atoms with Crippen LogP contribution in [-0.4, -0.2) is 6.03 Å². The molecule has 1 unspecified atom stereocenters. The van der Waals surface area contributed by atoms with E-state index in [1.807, 2.05) is 38.1 Å². The first kappa shape index (κ1) is 13.9. The van der Waals surface area contributed by atoms with E-state index in [9.17, 15) is 4.79 Å². The number of amides is 2. The van der Waals surface area contributed by atoms with Crippen LogP contribution >= 0.6 is 0 Å². The molecule has 0 aromatic heterocycles. The largest absolute Gasteiger partial charge is 0.399 e. The van der Waals surface area contributed by atoms with Gasteiger partial charge >= 0.3 is 6.03 Å². The van der Waals surface area contributed by atoms with Gasteiger partial charge in [0.05, 0.1) is 6.04 Å². The van der Waals surface area contributed by atoms with Crippen LogP contribution in [0.3, 0.4) is 0 Å². The second kappa shape index (κ2) is 6.10. The Hall–Kier alpha value is -2.49. The average Bonchev–Trinajstić information content (AvgIpc) is 2.41. The zero-order chi connectivity index (χ0) is 14.5. The fraction of sp³-hybridized carbons (Fsp3) is 0.188. The zero-order valence-electron chi connectivity index (χ0n) is 11.7. The van der Waals surface area contributed by atoms with E-state index in [1.54, 1.807) is 24.3 Å². The normalized spacial score (nSPS) is 11.7. The highest BCUT2D eigenvalue weighted by Crippen LogP contribution is 2.17. The van der Waals surface area contributed by atoms with Crippen LogP contribution in [0.5, 0.6) is 0 Å². The summed E-state index contributed by atoms with van der Waals surface area (Å²) in [6, 6.07) is 14.8. The third-order valence-corrected chi connectivity index (χ3v) is 3.17. The predicted octanol–water partition coefficient (Wildman–Crippen LogP) is 3.46. The van der Waals surface area contributed by atoms with Crippen LogP contribution in [0.25, 0.3) is 0 Å². The first-order valence-corrected chi connectivity index (χ1v) is 6.55. The molecule has 2 amide bonds. The summed E-state index contributed by atoms with van der Waals surface area (Å²) < 4.78 is 0. The molecule has 4 nitrogen and oxygen atoms in total. The molecule has 0 spiro atoms. The van der Waals surface area contributed by atoms with E-state index in [-0.39, 0.29) is 12.1 Å². The highest BCUT2D eigenvalue weighted by Gasteiger charge is 2.11. The van der Waals surface area contributed by atoms with Crippen molar-refractivity contribution >= 4 is 17.4 Å². The summed E-state index contributed by atoms with van der Waals surface area (Å²) in [6.07, 6.45) is 0. The van der Waals surface area contributed by atoms with Crippen LogP contribution in [-0.2, 0) is 0 Å². The maximum absolute atomic E-state index is 11.9. The van der Waals surface area contributed by atoms with Gasteiger partial charge in [0.2, 0.25) is 0 Å². The Bertz CT molecular complexity index is 593. The summed E-state index contributed by atoms with van der Waals surface area (Å²) in [5.41, 5.74) is 9.26. The third kappa shape index (κ3) is 3.51. The number of rotatable bonds is 3. The van der Waals surface area contributed by atoms with Crippen molar-refractivity contribution in [3.63, 3.8) is 0 Å². The summed E-state index contributed by atoms with van der Waals surface area (Å²) in [7, 11) is 0. The number of urea groups is 1. The van der Waals surface area contributed by atoms with Crippen molar-refractivity contribution in [2.75, 3.05) is 11.1 Å². The van der Waals surface area contributed by atoms with Crippen LogP contribution in [0.1, 0.15) is 24.1 Å². The molecule has 1 atom stereocenters. The van der Waals surface area contributed by atoms with Gasteiger partial charge in [0.1, 0.15) is 0 Å². The van der Waals surface area contributed by atoms with Gasteiger partial charge in [-0.05, 0) is 49.2 Å². The highest BCUT2D eigenvalue weighted by atomic mass is 16.2. The molecule has 2 aromatic rings. The van der Waals surface area contributed by atoms with Crippen molar-refractivity contribution in [1.29, 1.82) is 0 Å². The lowest BCUT2D eigenvalue weighted by molar-refractivity contribution is 0.249. The van der Waals surface area contributed by atoms with E-state index < -0.39 is 0 Å². The second-order valence-electron chi connectivity index (χ2n) is 4.80. The number of anilines is 2. The fourth-order valence-electron chi connectivity index (χ4n) is 2.08. The Labute approximate surface area is 119 Å². The van der Waals surface area contributed by atoms with E-state index in [0.717, 1.165) is 11.1 Å². The molecule has 4 N–H and O–H groups in total. The topological polar surface area (TPSA) is 67.2 Å². The Balaban J connectivity index is 1.98. The number of benzene rings is 2. The van der Waals surface area contributed by atoms with Crippen molar-refractivity contribution in [3.8, 4) is 0 Å². The molecule has 0 saturated heterocycles. The summed E-state index contributed by atoms with van der Waals surface area (Å²) in [6.45, 7) is 4.00. The van der Waals surface area contributed by atoms with E-state index >= 15 is 0 Å². The molecular weight excluding hydrogens is 250 g/mol. The number of hydrogen-bond donors (Lipinski definition) is 3. The lowest BCUT2D eigenvalue weighted by Crippen LogP contribution is -2.31. The van der Waals surface area contributed by atoms with Gasteiger partial charge in [0.15, 0.2) is 0 Å². The molecule has 0 radical (unpaired) electrons. The number of nitrogens with two attached hydrogens (primary N) is 1. The van der Waals surface area contributed by atoms with Crippen molar-refractivity contribution in [2.24, 2.45) is 0 Å². The van der Waals surface area contributed by atoms with Crippen LogP contribution < -0.4 is 16.4 Å². The Kier molecular flexibility index (Phi) is 4.25. The Morgan fingerprint density at radius 2 is 1.75 bits per heavy atom. The highest BCUT2D eigenvalue weighted by molar-refractivity contribution is 5.89. The van der Waals surface area contributed by atoms with E-state index in [2.05, 4.69) is 10.6 Å². The molecule has 104 valence electrons. The van der Waals surface area contributed by atoms with Crippen LogP contribution in [0, 0.1) is 6.92 Å². The molecular formula is C16H19N3O. The van der Waals surface area contributed by atoms with Crippen LogP contribution in [0.4, 0.5) is 16.2 Å². The number of carbonyl (C=O) groups is 1. The predicted molar refractivity (Wildman–Crippen MR) is 82.6 cm³/mol. The molecule has 0 heterocycles. The van der Waals surface area contributed by atoms with Gasteiger partial charge in [-0.1, -0.05) is 24.3 Å². The number of carbonyl (C=O) groups excluding carboxylic acids is 1. The average molecular weight is 269 g/mol. The van der Waals surface area contributed by atoms with Gasteiger partial charge in [-0.15, -0.1) is 0 Å². The molecule has 0 aliphatic heterocycles. The maximum Gasteiger partial charge on any atom is 0.319 e. The number of nitrogens with one attached hydrogen (secondary N) is 2. The standard InChI is InChI=1S/C16H19N3O/c1-11-5-3-4-6-15(11)12(2)18-16(20)19-14-9-7-13(17)8-10-14/h3-10,12H,17H2,1-2H3,(H2,18,19,20). The number of aryl methyl sites for hydroxylation is 1. The quantitative estimate of drug-likeness (QED) is 0.747. The third-order valence-electron chi connectivity index (χ3n) is 3.17. The molecule has 0 bridgehead atoms. The second-order valence-corrected chi connectivity index (χ2v) is 4.80. The van der Waals surface area contributed by atoms with E-state index in [1.165, 1.54) is 0 Å².